The van der Waals surface area contributed by atoms with Crippen LogP contribution < -0.4 is 5.56 Å². The lowest BCUT2D eigenvalue weighted by atomic mass is 9.65. The number of aromatic nitrogens is 2. The van der Waals surface area contributed by atoms with Crippen molar-refractivity contribution in [2.75, 3.05) is 6.54 Å². The van der Waals surface area contributed by atoms with Crippen LogP contribution in [0, 0.1) is 17.8 Å². The van der Waals surface area contributed by atoms with E-state index in [1.165, 1.54) is 19.3 Å². The largest absolute Gasteiger partial charge is 0.311 e. The summed E-state index contributed by atoms with van der Waals surface area (Å²) < 4.78 is 0. The molecule has 2 bridgehead atoms. The van der Waals surface area contributed by atoms with Crippen LogP contribution in [0.15, 0.2) is 10.9 Å². The van der Waals surface area contributed by atoms with Gasteiger partial charge in [0.1, 0.15) is 5.82 Å². The van der Waals surface area contributed by atoms with Gasteiger partial charge in [0.15, 0.2) is 0 Å². The van der Waals surface area contributed by atoms with Gasteiger partial charge < -0.3 is 4.98 Å². The van der Waals surface area contributed by atoms with Crippen LogP contribution in [0.5, 0.6) is 0 Å². The van der Waals surface area contributed by atoms with Gasteiger partial charge >= 0.3 is 0 Å². The van der Waals surface area contributed by atoms with Crippen LogP contribution in [0.1, 0.15) is 51.6 Å². The Labute approximate surface area is 120 Å². The van der Waals surface area contributed by atoms with Crippen LogP contribution in [-0.2, 0) is 6.54 Å². The molecule has 0 amide bonds. The number of rotatable bonds is 2. The summed E-state index contributed by atoms with van der Waals surface area (Å²) >= 11 is 0. The second-order valence-electron chi connectivity index (χ2n) is 7.94. The highest BCUT2D eigenvalue weighted by Crippen LogP contribution is 2.52. The molecule has 0 aromatic carbocycles. The van der Waals surface area contributed by atoms with Gasteiger partial charge in [0, 0.05) is 25.2 Å². The van der Waals surface area contributed by atoms with Gasteiger partial charge in [-0.25, -0.2) is 4.98 Å². The molecule has 4 heteroatoms. The number of aryl methyl sites for hydroxylation is 1. The number of fused-ring (bicyclic) bond motifs is 2. The molecular formula is C16H25N3O. The molecule has 110 valence electrons. The molecule has 4 nitrogen and oxygen atoms in total. The maximum Gasteiger partial charge on any atom is 0.251 e. The average Bonchev–Trinajstić information content (AvgIpc) is 2.45. The van der Waals surface area contributed by atoms with E-state index in [0.29, 0.717) is 22.7 Å². The summed E-state index contributed by atoms with van der Waals surface area (Å²) in [6, 6.07) is 2.29. The van der Waals surface area contributed by atoms with Crippen LogP contribution in [0.2, 0.25) is 0 Å². The van der Waals surface area contributed by atoms with Crippen molar-refractivity contribution in [3.63, 3.8) is 0 Å². The van der Waals surface area contributed by atoms with E-state index in [4.69, 9.17) is 0 Å². The molecule has 20 heavy (non-hydrogen) atoms. The second-order valence-corrected chi connectivity index (χ2v) is 7.94. The first-order chi connectivity index (χ1) is 9.25. The summed E-state index contributed by atoms with van der Waals surface area (Å²) in [6.07, 6.45) is 3.85. The molecule has 0 spiro atoms. The van der Waals surface area contributed by atoms with E-state index < -0.39 is 0 Å². The fourth-order valence-corrected chi connectivity index (χ4v) is 4.69. The average molecular weight is 275 g/mol. The molecule has 1 aromatic rings. The molecule has 1 aromatic heterocycles. The van der Waals surface area contributed by atoms with Crippen molar-refractivity contribution in [2.24, 2.45) is 10.8 Å². The third-order valence-corrected chi connectivity index (χ3v) is 4.80. The Morgan fingerprint density at radius 3 is 2.85 bits per heavy atom. The Balaban J connectivity index is 1.81. The highest BCUT2D eigenvalue weighted by Gasteiger charge is 2.49. The summed E-state index contributed by atoms with van der Waals surface area (Å²) in [6.45, 7) is 11.0. The Morgan fingerprint density at radius 2 is 2.15 bits per heavy atom. The summed E-state index contributed by atoms with van der Waals surface area (Å²) in [5.41, 5.74) is 1.73. The lowest BCUT2D eigenvalue weighted by Crippen LogP contribution is -2.34. The first kappa shape index (κ1) is 13.8. The topological polar surface area (TPSA) is 49.0 Å². The van der Waals surface area contributed by atoms with Crippen molar-refractivity contribution < 1.29 is 0 Å². The van der Waals surface area contributed by atoms with Crippen molar-refractivity contribution in [3.8, 4) is 0 Å². The molecule has 1 N–H and O–H groups in total. The highest BCUT2D eigenvalue weighted by atomic mass is 16.1. The number of hydrogen-bond acceptors (Lipinski definition) is 3. The lowest BCUT2D eigenvalue weighted by Gasteiger charge is -2.39. The zero-order chi connectivity index (χ0) is 14.5. The Hall–Kier alpha value is -1.16. The van der Waals surface area contributed by atoms with Crippen molar-refractivity contribution in [2.45, 2.75) is 59.5 Å². The number of likely N-dealkylation sites (tertiary alicyclic amines) is 1. The lowest BCUT2D eigenvalue weighted by molar-refractivity contribution is 0.126. The normalized spacial score (nSPS) is 32.5. The molecule has 0 unspecified atom stereocenters. The van der Waals surface area contributed by atoms with Gasteiger partial charge in [0.05, 0.1) is 5.69 Å². The summed E-state index contributed by atoms with van der Waals surface area (Å²) in [4.78, 5) is 21.3. The number of hydrogen-bond donors (Lipinski definition) is 1. The van der Waals surface area contributed by atoms with Gasteiger partial charge in [-0.2, -0.15) is 0 Å². The summed E-state index contributed by atoms with van der Waals surface area (Å²) in [7, 11) is 0. The van der Waals surface area contributed by atoms with Gasteiger partial charge in [-0.15, -0.1) is 0 Å². The third kappa shape index (κ3) is 2.66. The van der Waals surface area contributed by atoms with E-state index in [-0.39, 0.29) is 5.56 Å². The van der Waals surface area contributed by atoms with Crippen LogP contribution in [0.25, 0.3) is 0 Å². The Morgan fingerprint density at radius 1 is 1.40 bits per heavy atom. The minimum Gasteiger partial charge on any atom is -0.311 e. The minimum atomic E-state index is -0.0405. The van der Waals surface area contributed by atoms with E-state index in [9.17, 15) is 4.79 Å². The fourth-order valence-electron chi connectivity index (χ4n) is 4.69. The second kappa shape index (κ2) is 4.42. The molecule has 1 aliphatic carbocycles. The number of aromatic amines is 1. The molecule has 2 fully saturated rings. The fraction of sp³-hybridized carbons (Fsp3) is 0.750. The predicted molar refractivity (Wildman–Crippen MR) is 79.5 cm³/mol. The molecule has 1 aliphatic heterocycles. The van der Waals surface area contributed by atoms with E-state index >= 15 is 0 Å². The maximum absolute atomic E-state index is 11.6. The maximum atomic E-state index is 11.6. The molecule has 3 rings (SSSR count). The molecule has 2 atom stereocenters. The van der Waals surface area contributed by atoms with Gasteiger partial charge in [-0.1, -0.05) is 20.8 Å². The van der Waals surface area contributed by atoms with Crippen LogP contribution in [-0.4, -0.2) is 27.5 Å². The van der Waals surface area contributed by atoms with Gasteiger partial charge in [-0.3, -0.25) is 9.69 Å². The van der Waals surface area contributed by atoms with E-state index in [2.05, 4.69) is 35.6 Å². The van der Waals surface area contributed by atoms with Crippen molar-refractivity contribution in [1.82, 2.24) is 14.9 Å². The van der Waals surface area contributed by atoms with Gasteiger partial charge in [0.25, 0.3) is 5.56 Å². The molecule has 2 heterocycles. The number of H-pyrrole nitrogens is 1. The standard InChI is InChI=1S/C16H25N3O/c1-11-17-12(5-14(20)18-11)8-19-10-16(4)7-13(19)6-15(2,3)9-16/h5,13H,6-10H2,1-4H3,(H,17,18,20)/t13-,16-/m1/s1. The highest BCUT2D eigenvalue weighted by molar-refractivity contribution is 5.07. The number of nitrogens with one attached hydrogen (secondary N) is 1. The Kier molecular flexibility index (Phi) is 3.05. The van der Waals surface area contributed by atoms with Crippen LogP contribution in [0.4, 0.5) is 0 Å². The van der Waals surface area contributed by atoms with Crippen LogP contribution in [0.3, 0.4) is 0 Å². The van der Waals surface area contributed by atoms with E-state index in [1.54, 1.807) is 6.07 Å². The molecule has 2 aliphatic rings. The molecular weight excluding hydrogens is 250 g/mol. The van der Waals surface area contributed by atoms with Crippen molar-refractivity contribution in [3.05, 3.63) is 27.9 Å². The zero-order valence-electron chi connectivity index (χ0n) is 13.0. The van der Waals surface area contributed by atoms with Crippen LogP contribution >= 0.6 is 0 Å². The summed E-state index contributed by atoms with van der Waals surface area (Å²) in [5.74, 6) is 0.709. The monoisotopic (exact) mass is 275 g/mol. The quantitative estimate of drug-likeness (QED) is 0.902. The first-order valence-corrected chi connectivity index (χ1v) is 7.56. The molecule has 1 saturated carbocycles. The SMILES string of the molecule is Cc1nc(CN2C[C@]3(C)C[C@H]2CC(C)(C)C3)cc(=O)[nH]1. The smallest absolute Gasteiger partial charge is 0.251 e. The van der Waals surface area contributed by atoms with E-state index in [0.717, 1.165) is 18.8 Å². The molecule has 0 radical (unpaired) electrons. The molecule has 1 saturated heterocycles. The number of nitrogens with zero attached hydrogens (tertiary/aromatic N) is 2. The van der Waals surface area contributed by atoms with Crippen molar-refractivity contribution >= 4 is 0 Å². The Bertz CT molecular complexity index is 577. The van der Waals surface area contributed by atoms with Gasteiger partial charge in [0.2, 0.25) is 0 Å². The van der Waals surface area contributed by atoms with Gasteiger partial charge in [-0.05, 0) is 37.0 Å². The first-order valence-electron chi connectivity index (χ1n) is 7.56. The van der Waals surface area contributed by atoms with E-state index in [1.807, 2.05) is 6.92 Å². The third-order valence-electron chi connectivity index (χ3n) is 4.80. The minimum absolute atomic E-state index is 0.0405. The predicted octanol–water partition coefficient (Wildman–Crippen LogP) is 2.48. The zero-order valence-corrected chi connectivity index (χ0v) is 13.0. The van der Waals surface area contributed by atoms with Crippen molar-refractivity contribution in [1.29, 1.82) is 0 Å². The summed E-state index contributed by atoms with van der Waals surface area (Å²) in [5, 5.41) is 0.